The maximum Gasteiger partial charge on any atom is 0.401 e. The monoisotopic (exact) mass is 238 g/mol. The molecule has 1 aliphatic rings. The molecule has 2 atom stereocenters. The average molecular weight is 238 g/mol. The van der Waals surface area contributed by atoms with Gasteiger partial charge in [0.1, 0.15) is 0 Å². The van der Waals surface area contributed by atoms with E-state index in [1.54, 1.807) is 0 Å². The fourth-order valence-electron chi connectivity index (χ4n) is 2.32. The van der Waals surface area contributed by atoms with Gasteiger partial charge in [0.05, 0.1) is 6.54 Å². The van der Waals surface area contributed by atoms with Crippen molar-refractivity contribution in [1.29, 1.82) is 0 Å². The smallest absolute Gasteiger partial charge is 0.329 e. The van der Waals surface area contributed by atoms with Crippen LogP contribution in [0.2, 0.25) is 0 Å². The van der Waals surface area contributed by atoms with Gasteiger partial charge in [0, 0.05) is 12.1 Å². The molecule has 3 N–H and O–H groups in total. The van der Waals surface area contributed by atoms with Crippen LogP contribution >= 0.6 is 0 Å². The summed E-state index contributed by atoms with van der Waals surface area (Å²) in [7, 11) is 0. The number of alkyl halides is 3. The zero-order valence-electron chi connectivity index (χ0n) is 9.74. The fourth-order valence-corrected chi connectivity index (χ4v) is 2.32. The van der Waals surface area contributed by atoms with Crippen LogP contribution in [-0.4, -0.2) is 24.8 Å². The third-order valence-corrected chi connectivity index (χ3v) is 3.52. The summed E-state index contributed by atoms with van der Waals surface area (Å²) in [5.41, 5.74) is 5.15. The van der Waals surface area contributed by atoms with Gasteiger partial charge in [-0.05, 0) is 25.2 Å². The molecule has 16 heavy (non-hydrogen) atoms. The highest BCUT2D eigenvalue weighted by Crippen LogP contribution is 2.30. The predicted octanol–water partition coefficient (Wildman–Crippen LogP) is 2.44. The van der Waals surface area contributed by atoms with Gasteiger partial charge in [-0.25, -0.2) is 0 Å². The van der Waals surface area contributed by atoms with E-state index >= 15 is 0 Å². The lowest BCUT2D eigenvalue weighted by Crippen LogP contribution is -2.53. The number of nitrogens with one attached hydrogen (secondary N) is 1. The molecule has 1 fully saturated rings. The number of hydrogen-bond donors (Lipinski definition) is 2. The SMILES string of the molecule is CC1CCCC(CN)(NCC(F)(F)F)CC1. The van der Waals surface area contributed by atoms with E-state index in [9.17, 15) is 13.2 Å². The number of halogens is 3. The molecule has 96 valence electrons. The molecule has 0 aromatic rings. The largest absolute Gasteiger partial charge is 0.401 e. The third kappa shape index (κ3) is 4.29. The lowest BCUT2D eigenvalue weighted by Gasteiger charge is -2.33. The first-order chi connectivity index (χ1) is 7.37. The molecule has 0 saturated heterocycles. The van der Waals surface area contributed by atoms with E-state index in [1.165, 1.54) is 0 Å². The van der Waals surface area contributed by atoms with Gasteiger partial charge in [-0.15, -0.1) is 0 Å². The summed E-state index contributed by atoms with van der Waals surface area (Å²) in [5, 5.41) is 2.64. The molecule has 1 aliphatic carbocycles. The molecule has 0 amide bonds. The molecule has 0 spiro atoms. The van der Waals surface area contributed by atoms with Crippen LogP contribution in [0.5, 0.6) is 0 Å². The van der Waals surface area contributed by atoms with Gasteiger partial charge in [-0.2, -0.15) is 13.2 Å². The van der Waals surface area contributed by atoms with Crippen molar-refractivity contribution in [3.05, 3.63) is 0 Å². The normalized spacial score (nSPS) is 32.4. The maximum atomic E-state index is 12.2. The zero-order valence-corrected chi connectivity index (χ0v) is 9.74. The second-order valence-corrected chi connectivity index (χ2v) is 4.99. The van der Waals surface area contributed by atoms with Crippen LogP contribution in [0.3, 0.4) is 0 Å². The van der Waals surface area contributed by atoms with Crippen molar-refractivity contribution in [3.8, 4) is 0 Å². The van der Waals surface area contributed by atoms with Crippen molar-refractivity contribution in [3.63, 3.8) is 0 Å². The molecule has 0 heterocycles. The fraction of sp³-hybridized carbons (Fsp3) is 1.00. The Bertz CT molecular complexity index is 218. The molecular weight excluding hydrogens is 217 g/mol. The molecule has 2 unspecified atom stereocenters. The Morgan fingerprint density at radius 1 is 1.31 bits per heavy atom. The summed E-state index contributed by atoms with van der Waals surface area (Å²) in [4.78, 5) is 0. The molecule has 0 aromatic heterocycles. The van der Waals surface area contributed by atoms with Crippen molar-refractivity contribution in [2.75, 3.05) is 13.1 Å². The van der Waals surface area contributed by atoms with Crippen LogP contribution in [0.4, 0.5) is 13.2 Å². The van der Waals surface area contributed by atoms with Gasteiger partial charge in [-0.1, -0.05) is 19.8 Å². The highest BCUT2D eigenvalue weighted by Gasteiger charge is 2.35. The van der Waals surface area contributed by atoms with Gasteiger partial charge in [0.15, 0.2) is 0 Å². The number of nitrogens with two attached hydrogens (primary N) is 1. The average Bonchev–Trinajstić information content (AvgIpc) is 2.38. The van der Waals surface area contributed by atoms with Crippen LogP contribution in [0.15, 0.2) is 0 Å². The Kier molecular flexibility index (Phi) is 4.62. The maximum absolute atomic E-state index is 12.2. The lowest BCUT2D eigenvalue weighted by molar-refractivity contribution is -0.129. The number of rotatable bonds is 3. The Balaban J connectivity index is 2.55. The first kappa shape index (κ1) is 13.8. The third-order valence-electron chi connectivity index (χ3n) is 3.52. The molecule has 1 rings (SSSR count). The molecule has 2 nitrogen and oxygen atoms in total. The summed E-state index contributed by atoms with van der Waals surface area (Å²) < 4.78 is 36.6. The van der Waals surface area contributed by atoms with Gasteiger partial charge < -0.3 is 11.1 Å². The molecule has 5 heteroatoms. The summed E-state index contributed by atoms with van der Waals surface area (Å²) >= 11 is 0. The minimum absolute atomic E-state index is 0.287. The van der Waals surface area contributed by atoms with Crippen LogP contribution in [0.25, 0.3) is 0 Å². The zero-order chi connectivity index (χ0) is 12.2. The minimum atomic E-state index is -4.15. The summed E-state index contributed by atoms with van der Waals surface area (Å²) in [5.74, 6) is 0.598. The summed E-state index contributed by atoms with van der Waals surface area (Å²) in [6, 6.07) is 0. The van der Waals surface area contributed by atoms with Gasteiger partial charge in [0.2, 0.25) is 0 Å². The van der Waals surface area contributed by atoms with Crippen molar-refractivity contribution >= 4 is 0 Å². The summed E-state index contributed by atoms with van der Waals surface area (Å²) in [6.45, 7) is 1.50. The topological polar surface area (TPSA) is 38.0 Å². The Hall–Kier alpha value is -0.290. The van der Waals surface area contributed by atoms with E-state index in [2.05, 4.69) is 12.2 Å². The second kappa shape index (κ2) is 5.36. The predicted molar refractivity (Wildman–Crippen MR) is 58.1 cm³/mol. The van der Waals surface area contributed by atoms with Gasteiger partial charge in [-0.3, -0.25) is 0 Å². The molecule has 1 saturated carbocycles. The van der Waals surface area contributed by atoms with Crippen molar-refractivity contribution < 1.29 is 13.2 Å². The Morgan fingerprint density at radius 3 is 2.56 bits per heavy atom. The standard InChI is InChI=1S/C11H21F3N2/c1-9-3-2-5-10(7-15,6-4-9)16-8-11(12,13)14/h9,16H,2-8,15H2,1H3. The minimum Gasteiger partial charge on any atom is -0.329 e. The molecule has 0 bridgehead atoms. The molecule has 0 aromatic carbocycles. The van der Waals surface area contributed by atoms with Crippen LogP contribution < -0.4 is 11.1 Å². The van der Waals surface area contributed by atoms with Crippen molar-refractivity contribution in [2.24, 2.45) is 11.7 Å². The van der Waals surface area contributed by atoms with E-state index in [1.807, 2.05) is 0 Å². The second-order valence-electron chi connectivity index (χ2n) is 4.99. The van der Waals surface area contributed by atoms with Crippen LogP contribution in [0, 0.1) is 5.92 Å². The molecule has 0 aliphatic heterocycles. The van der Waals surface area contributed by atoms with Crippen molar-refractivity contribution in [1.82, 2.24) is 5.32 Å². The van der Waals surface area contributed by atoms with E-state index < -0.39 is 18.3 Å². The Labute approximate surface area is 94.8 Å². The van der Waals surface area contributed by atoms with Crippen LogP contribution in [0.1, 0.15) is 39.0 Å². The van der Waals surface area contributed by atoms with E-state index in [0.717, 1.165) is 32.1 Å². The summed E-state index contributed by atoms with van der Waals surface area (Å²) in [6.07, 6.45) is 0.367. The number of hydrogen-bond acceptors (Lipinski definition) is 2. The highest BCUT2D eigenvalue weighted by molar-refractivity contribution is 4.92. The van der Waals surface area contributed by atoms with Crippen LogP contribution in [-0.2, 0) is 0 Å². The lowest BCUT2D eigenvalue weighted by atomic mass is 9.89. The first-order valence-electron chi connectivity index (χ1n) is 5.89. The Morgan fingerprint density at radius 2 is 2.00 bits per heavy atom. The highest BCUT2D eigenvalue weighted by atomic mass is 19.4. The van der Waals surface area contributed by atoms with E-state index in [4.69, 9.17) is 5.73 Å². The first-order valence-corrected chi connectivity index (χ1v) is 5.89. The quantitative estimate of drug-likeness (QED) is 0.741. The van der Waals surface area contributed by atoms with Crippen molar-refractivity contribution in [2.45, 2.75) is 50.7 Å². The van der Waals surface area contributed by atoms with Gasteiger partial charge in [0.25, 0.3) is 0 Å². The van der Waals surface area contributed by atoms with Gasteiger partial charge >= 0.3 is 6.18 Å². The van der Waals surface area contributed by atoms with E-state index in [-0.39, 0.29) is 6.54 Å². The molecular formula is C11H21F3N2. The van der Waals surface area contributed by atoms with E-state index in [0.29, 0.717) is 5.92 Å². The molecule has 0 radical (unpaired) electrons.